The molecule has 0 heterocycles. The highest BCUT2D eigenvalue weighted by molar-refractivity contribution is 7.97. The molecule has 0 atom stereocenters. The topological polar surface area (TPSA) is 20.2 Å². The van der Waals surface area contributed by atoms with Gasteiger partial charge < -0.3 is 5.11 Å². The predicted molar refractivity (Wildman–Crippen MR) is 91.5 cm³/mol. The molecule has 0 aliphatic carbocycles. The minimum Gasteiger partial charge on any atom is -0.395 e. The Morgan fingerprint density at radius 1 is 1.00 bits per heavy atom. The van der Waals surface area contributed by atoms with E-state index in [0.717, 1.165) is 22.1 Å². The maximum Gasteiger partial charge on any atom is 0.0540 e. The standard InChI is InChI=1S/C18H17ClOS/c19-18-10-8-15(9-11-18)13-21-14-17-7-2-1-5-16(17)6-3-4-12-20/h1-2,5,7-11,20H,4,12-14H2. The maximum atomic E-state index is 8.78. The van der Waals surface area contributed by atoms with E-state index in [2.05, 4.69) is 30.0 Å². The molecule has 0 unspecified atom stereocenters. The largest absolute Gasteiger partial charge is 0.395 e. The van der Waals surface area contributed by atoms with Crippen LogP contribution in [0.1, 0.15) is 23.1 Å². The molecular formula is C18H17ClOS. The number of benzene rings is 2. The summed E-state index contributed by atoms with van der Waals surface area (Å²) in [6, 6.07) is 16.1. The van der Waals surface area contributed by atoms with Crippen molar-refractivity contribution in [1.29, 1.82) is 0 Å². The van der Waals surface area contributed by atoms with Gasteiger partial charge in [0.2, 0.25) is 0 Å². The third kappa shape index (κ3) is 5.47. The second-order valence-corrected chi connectivity index (χ2v) is 5.97. The van der Waals surface area contributed by atoms with Crippen LogP contribution in [0.2, 0.25) is 5.02 Å². The lowest BCUT2D eigenvalue weighted by Gasteiger charge is -2.05. The second kappa shape index (κ2) is 8.79. The summed E-state index contributed by atoms with van der Waals surface area (Å²) in [5.41, 5.74) is 3.56. The first-order valence-electron chi connectivity index (χ1n) is 6.79. The molecular weight excluding hydrogens is 300 g/mol. The molecule has 0 spiro atoms. The molecule has 2 rings (SSSR count). The quantitative estimate of drug-likeness (QED) is 0.819. The van der Waals surface area contributed by atoms with E-state index in [4.69, 9.17) is 16.7 Å². The fourth-order valence-corrected chi connectivity index (χ4v) is 2.97. The summed E-state index contributed by atoms with van der Waals surface area (Å²) in [6.45, 7) is 0.112. The van der Waals surface area contributed by atoms with Crippen molar-refractivity contribution in [2.75, 3.05) is 6.61 Å². The molecule has 1 N–H and O–H groups in total. The third-order valence-corrected chi connectivity index (χ3v) is 4.22. The van der Waals surface area contributed by atoms with E-state index in [1.165, 1.54) is 11.1 Å². The van der Waals surface area contributed by atoms with Crippen LogP contribution >= 0.6 is 23.4 Å². The van der Waals surface area contributed by atoms with Gasteiger partial charge in [-0.25, -0.2) is 0 Å². The van der Waals surface area contributed by atoms with E-state index in [-0.39, 0.29) is 6.61 Å². The van der Waals surface area contributed by atoms with Crippen molar-refractivity contribution in [3.63, 3.8) is 0 Å². The Morgan fingerprint density at radius 2 is 1.76 bits per heavy atom. The van der Waals surface area contributed by atoms with Crippen molar-refractivity contribution in [2.45, 2.75) is 17.9 Å². The molecule has 2 aromatic carbocycles. The van der Waals surface area contributed by atoms with Gasteiger partial charge in [0.05, 0.1) is 6.61 Å². The molecule has 3 heteroatoms. The van der Waals surface area contributed by atoms with Crippen LogP contribution in [-0.2, 0) is 11.5 Å². The van der Waals surface area contributed by atoms with Crippen molar-refractivity contribution >= 4 is 23.4 Å². The van der Waals surface area contributed by atoms with Gasteiger partial charge >= 0.3 is 0 Å². The van der Waals surface area contributed by atoms with Gasteiger partial charge in [-0.3, -0.25) is 0 Å². The van der Waals surface area contributed by atoms with Crippen LogP contribution in [0.5, 0.6) is 0 Å². The molecule has 0 bridgehead atoms. The van der Waals surface area contributed by atoms with E-state index >= 15 is 0 Å². The number of hydrogen-bond acceptors (Lipinski definition) is 2. The Hall–Kier alpha value is -1.40. The zero-order chi connectivity index (χ0) is 14.9. The Balaban J connectivity index is 1.94. The molecule has 0 radical (unpaired) electrons. The number of halogens is 1. The molecule has 0 amide bonds. The Labute approximate surface area is 135 Å². The smallest absolute Gasteiger partial charge is 0.0540 e. The first-order valence-corrected chi connectivity index (χ1v) is 8.32. The summed E-state index contributed by atoms with van der Waals surface area (Å²) in [5, 5.41) is 9.56. The van der Waals surface area contributed by atoms with Gasteiger partial charge in [0.1, 0.15) is 0 Å². The first-order chi connectivity index (χ1) is 10.3. The summed E-state index contributed by atoms with van der Waals surface area (Å²) in [6.07, 6.45) is 0.520. The van der Waals surface area contributed by atoms with Crippen molar-refractivity contribution < 1.29 is 5.11 Å². The van der Waals surface area contributed by atoms with Crippen LogP contribution in [0.3, 0.4) is 0 Å². The summed E-state index contributed by atoms with van der Waals surface area (Å²) in [4.78, 5) is 0. The number of rotatable bonds is 5. The normalized spacial score (nSPS) is 10.0. The van der Waals surface area contributed by atoms with Crippen LogP contribution in [0.25, 0.3) is 0 Å². The van der Waals surface area contributed by atoms with E-state index in [0.29, 0.717) is 6.42 Å². The first kappa shape index (κ1) is 16.0. The average Bonchev–Trinajstić information content (AvgIpc) is 2.51. The monoisotopic (exact) mass is 316 g/mol. The maximum absolute atomic E-state index is 8.78. The van der Waals surface area contributed by atoms with Crippen LogP contribution in [-0.4, -0.2) is 11.7 Å². The summed E-state index contributed by atoms with van der Waals surface area (Å²) in [5.74, 6) is 7.99. The number of hydrogen-bond donors (Lipinski definition) is 1. The van der Waals surface area contributed by atoms with Crippen molar-refractivity contribution in [3.8, 4) is 11.8 Å². The fourth-order valence-electron chi connectivity index (χ4n) is 1.84. The number of aliphatic hydroxyl groups is 1. The second-order valence-electron chi connectivity index (χ2n) is 4.55. The highest BCUT2D eigenvalue weighted by Gasteiger charge is 2.00. The Kier molecular flexibility index (Phi) is 6.69. The summed E-state index contributed by atoms with van der Waals surface area (Å²) >= 11 is 7.74. The van der Waals surface area contributed by atoms with Gasteiger partial charge in [-0.05, 0) is 29.3 Å². The molecule has 2 aromatic rings. The zero-order valence-electron chi connectivity index (χ0n) is 11.7. The molecule has 21 heavy (non-hydrogen) atoms. The van der Waals surface area contributed by atoms with Gasteiger partial charge in [-0.2, -0.15) is 11.8 Å². The average molecular weight is 317 g/mol. The van der Waals surface area contributed by atoms with E-state index in [1.54, 1.807) is 0 Å². The highest BCUT2D eigenvalue weighted by Crippen LogP contribution is 2.21. The van der Waals surface area contributed by atoms with Gasteiger partial charge in [0.15, 0.2) is 0 Å². The van der Waals surface area contributed by atoms with E-state index in [9.17, 15) is 0 Å². The van der Waals surface area contributed by atoms with Gasteiger partial charge in [0.25, 0.3) is 0 Å². The lowest BCUT2D eigenvalue weighted by molar-refractivity contribution is 0.305. The molecule has 0 fully saturated rings. The van der Waals surface area contributed by atoms with Crippen LogP contribution in [0, 0.1) is 11.8 Å². The highest BCUT2D eigenvalue weighted by atomic mass is 35.5. The molecule has 0 saturated carbocycles. The predicted octanol–water partition coefficient (Wildman–Crippen LogP) is 4.51. The van der Waals surface area contributed by atoms with Crippen molar-refractivity contribution in [1.82, 2.24) is 0 Å². The lowest BCUT2D eigenvalue weighted by atomic mass is 10.1. The SMILES string of the molecule is OCCC#Cc1ccccc1CSCc1ccc(Cl)cc1. The fraction of sp³-hybridized carbons (Fsp3) is 0.222. The number of thioether (sulfide) groups is 1. The van der Waals surface area contributed by atoms with Crippen LogP contribution in [0.4, 0.5) is 0 Å². The van der Waals surface area contributed by atoms with Gasteiger partial charge in [-0.15, -0.1) is 0 Å². The van der Waals surface area contributed by atoms with E-state index < -0.39 is 0 Å². The molecule has 0 aliphatic heterocycles. The molecule has 1 nitrogen and oxygen atoms in total. The number of aliphatic hydroxyl groups excluding tert-OH is 1. The lowest BCUT2D eigenvalue weighted by Crippen LogP contribution is -1.88. The van der Waals surface area contributed by atoms with Gasteiger partial charge in [0, 0.05) is 28.5 Å². The Morgan fingerprint density at radius 3 is 2.52 bits per heavy atom. The molecule has 108 valence electrons. The van der Waals surface area contributed by atoms with E-state index in [1.807, 2.05) is 42.1 Å². The summed E-state index contributed by atoms with van der Waals surface area (Å²) < 4.78 is 0. The minimum absolute atomic E-state index is 0.112. The molecule has 0 saturated heterocycles. The zero-order valence-corrected chi connectivity index (χ0v) is 13.3. The summed E-state index contributed by atoms with van der Waals surface area (Å²) in [7, 11) is 0. The minimum atomic E-state index is 0.112. The molecule has 0 aromatic heterocycles. The van der Waals surface area contributed by atoms with Gasteiger partial charge in [-0.1, -0.05) is 53.8 Å². The third-order valence-electron chi connectivity index (χ3n) is 2.92. The van der Waals surface area contributed by atoms with Crippen LogP contribution in [0.15, 0.2) is 48.5 Å². The molecule has 0 aliphatic rings. The van der Waals surface area contributed by atoms with Crippen molar-refractivity contribution in [2.24, 2.45) is 0 Å². The van der Waals surface area contributed by atoms with Crippen LogP contribution < -0.4 is 0 Å². The Bertz CT molecular complexity index is 626. The van der Waals surface area contributed by atoms with Crippen molar-refractivity contribution in [3.05, 3.63) is 70.2 Å².